The topological polar surface area (TPSA) is 74.8 Å². The van der Waals surface area contributed by atoms with Crippen LogP contribution in [0.25, 0.3) is 0 Å². The van der Waals surface area contributed by atoms with E-state index in [1.807, 2.05) is 6.20 Å². The molecule has 7 heteroatoms. The van der Waals surface area contributed by atoms with Gasteiger partial charge in [0, 0.05) is 29.9 Å². The third-order valence-corrected chi connectivity index (χ3v) is 7.00. The molecule has 28 heavy (non-hydrogen) atoms. The number of H-pyrrole nitrogens is 1. The van der Waals surface area contributed by atoms with Crippen LogP contribution in [0.5, 0.6) is 0 Å². The number of aryl methyl sites for hydroxylation is 2. The summed E-state index contributed by atoms with van der Waals surface area (Å²) in [5.41, 5.74) is 3.91. The molecule has 0 spiro atoms. The Bertz CT molecular complexity index is 1050. The number of rotatable bonds is 6. The molecule has 0 radical (unpaired) electrons. The fraction of sp³-hybridized carbons (Fsp3) is 0.286. The number of fused-ring (bicyclic) bond motifs is 1. The normalized spacial score (nSPS) is 16.7. The molecule has 1 heterocycles. The molecule has 0 bridgehead atoms. The Morgan fingerprint density at radius 2 is 1.96 bits per heavy atom. The van der Waals surface area contributed by atoms with Crippen LogP contribution in [0.3, 0.4) is 0 Å². The standard InChI is InChI=1S/C21H22ClN3O2S/c22-17-5-8-19(9-6-17)28(26,27)25-18-7-10-20-15(2-1-3-16(20)14-18)4-11-21-23-12-13-24-21/h1-3,5-6,8-9,12-13,18,25H,4,7,10-11,14H2,(H,23,24). The van der Waals surface area contributed by atoms with Crippen LogP contribution in [0.15, 0.2) is 59.8 Å². The Morgan fingerprint density at radius 1 is 1.14 bits per heavy atom. The molecule has 3 aromatic rings. The van der Waals surface area contributed by atoms with Gasteiger partial charge in [-0.25, -0.2) is 18.1 Å². The van der Waals surface area contributed by atoms with Crippen LogP contribution in [-0.4, -0.2) is 24.4 Å². The lowest BCUT2D eigenvalue weighted by Gasteiger charge is -2.27. The van der Waals surface area contributed by atoms with Gasteiger partial charge < -0.3 is 4.98 Å². The van der Waals surface area contributed by atoms with Crippen LogP contribution in [0.1, 0.15) is 28.9 Å². The smallest absolute Gasteiger partial charge is 0.240 e. The van der Waals surface area contributed by atoms with Gasteiger partial charge in [0.2, 0.25) is 10.0 Å². The fourth-order valence-electron chi connectivity index (χ4n) is 3.81. The largest absolute Gasteiger partial charge is 0.349 e. The second-order valence-electron chi connectivity index (χ2n) is 7.11. The highest BCUT2D eigenvalue weighted by Gasteiger charge is 2.25. The van der Waals surface area contributed by atoms with E-state index in [1.165, 1.54) is 28.8 Å². The number of hydrogen-bond donors (Lipinski definition) is 2. The summed E-state index contributed by atoms with van der Waals surface area (Å²) in [5.74, 6) is 0.988. The summed E-state index contributed by atoms with van der Waals surface area (Å²) in [5, 5.41) is 0.521. The molecule has 146 valence electrons. The van der Waals surface area contributed by atoms with Crippen molar-refractivity contribution in [2.24, 2.45) is 0 Å². The number of halogens is 1. The Kier molecular flexibility index (Phi) is 5.53. The molecular weight excluding hydrogens is 394 g/mol. The Hall–Kier alpha value is -2.15. The molecule has 2 aromatic carbocycles. The average molecular weight is 416 g/mol. The Morgan fingerprint density at radius 3 is 2.71 bits per heavy atom. The van der Waals surface area contributed by atoms with Gasteiger partial charge in [-0.15, -0.1) is 0 Å². The third kappa shape index (κ3) is 4.29. The molecule has 0 fully saturated rings. The first-order chi connectivity index (χ1) is 13.5. The van der Waals surface area contributed by atoms with E-state index in [4.69, 9.17) is 11.6 Å². The van der Waals surface area contributed by atoms with E-state index in [2.05, 4.69) is 32.9 Å². The molecule has 1 aliphatic rings. The zero-order chi connectivity index (χ0) is 19.6. The lowest BCUT2D eigenvalue weighted by Crippen LogP contribution is -2.39. The van der Waals surface area contributed by atoms with Crippen molar-refractivity contribution in [3.05, 3.63) is 82.4 Å². The van der Waals surface area contributed by atoms with Gasteiger partial charge in [0.05, 0.1) is 4.90 Å². The van der Waals surface area contributed by atoms with E-state index in [9.17, 15) is 8.42 Å². The van der Waals surface area contributed by atoms with Crippen LogP contribution >= 0.6 is 11.6 Å². The van der Waals surface area contributed by atoms with Crippen LogP contribution in [-0.2, 0) is 35.7 Å². The second kappa shape index (κ2) is 8.07. The van der Waals surface area contributed by atoms with Crippen molar-refractivity contribution in [1.29, 1.82) is 0 Å². The predicted molar refractivity (Wildman–Crippen MR) is 110 cm³/mol. The fourth-order valence-corrected chi connectivity index (χ4v) is 5.21. The molecule has 0 aliphatic heterocycles. The van der Waals surface area contributed by atoms with Crippen LogP contribution < -0.4 is 4.72 Å². The van der Waals surface area contributed by atoms with Crippen molar-refractivity contribution in [3.63, 3.8) is 0 Å². The molecule has 1 aromatic heterocycles. The summed E-state index contributed by atoms with van der Waals surface area (Å²) in [4.78, 5) is 7.68. The van der Waals surface area contributed by atoms with Gasteiger partial charge in [0.25, 0.3) is 0 Å². The summed E-state index contributed by atoms with van der Waals surface area (Å²) in [6, 6.07) is 12.5. The quantitative estimate of drug-likeness (QED) is 0.644. The first-order valence-corrected chi connectivity index (χ1v) is 11.2. The number of imidazole rings is 1. The minimum Gasteiger partial charge on any atom is -0.349 e. The van der Waals surface area contributed by atoms with E-state index in [0.29, 0.717) is 11.4 Å². The van der Waals surface area contributed by atoms with Gasteiger partial charge in [-0.3, -0.25) is 0 Å². The number of sulfonamides is 1. The maximum absolute atomic E-state index is 12.7. The van der Waals surface area contributed by atoms with Crippen LogP contribution in [0.4, 0.5) is 0 Å². The summed E-state index contributed by atoms with van der Waals surface area (Å²) in [6.45, 7) is 0. The van der Waals surface area contributed by atoms with Gasteiger partial charge in [-0.1, -0.05) is 29.8 Å². The number of nitrogens with one attached hydrogen (secondary N) is 2. The van der Waals surface area contributed by atoms with Crippen LogP contribution in [0.2, 0.25) is 5.02 Å². The second-order valence-corrected chi connectivity index (χ2v) is 9.26. The summed E-state index contributed by atoms with van der Waals surface area (Å²) in [6.07, 6.45) is 7.78. The van der Waals surface area contributed by atoms with Gasteiger partial charge in [0.1, 0.15) is 5.82 Å². The minimum atomic E-state index is -3.55. The number of hydrogen-bond acceptors (Lipinski definition) is 3. The number of nitrogens with zero attached hydrogens (tertiary/aromatic N) is 1. The van der Waals surface area contributed by atoms with Crippen molar-refractivity contribution < 1.29 is 8.42 Å². The van der Waals surface area contributed by atoms with E-state index < -0.39 is 10.0 Å². The number of aromatic amines is 1. The zero-order valence-electron chi connectivity index (χ0n) is 15.4. The highest BCUT2D eigenvalue weighted by Crippen LogP contribution is 2.27. The SMILES string of the molecule is O=S(=O)(NC1CCc2c(CCc3ncc[nH]3)cccc2C1)c1ccc(Cl)cc1. The predicted octanol–water partition coefficient (Wildman–Crippen LogP) is 3.68. The van der Waals surface area contributed by atoms with Crippen molar-refractivity contribution in [1.82, 2.24) is 14.7 Å². The van der Waals surface area contributed by atoms with Gasteiger partial charge >= 0.3 is 0 Å². The van der Waals surface area contributed by atoms with Gasteiger partial charge in [0.15, 0.2) is 0 Å². The molecule has 0 saturated carbocycles. The molecule has 1 unspecified atom stereocenters. The van der Waals surface area contributed by atoms with E-state index in [-0.39, 0.29) is 10.9 Å². The van der Waals surface area contributed by atoms with Crippen molar-refractivity contribution in [3.8, 4) is 0 Å². The summed E-state index contributed by atoms with van der Waals surface area (Å²) in [7, 11) is -3.55. The first-order valence-electron chi connectivity index (χ1n) is 9.37. The number of aromatic nitrogens is 2. The van der Waals surface area contributed by atoms with Crippen LogP contribution in [0, 0.1) is 0 Å². The molecular formula is C21H22ClN3O2S. The summed E-state index contributed by atoms with van der Waals surface area (Å²) >= 11 is 5.86. The zero-order valence-corrected chi connectivity index (χ0v) is 16.9. The van der Waals surface area contributed by atoms with Crippen molar-refractivity contribution in [2.75, 3.05) is 0 Å². The Balaban J connectivity index is 1.46. The monoisotopic (exact) mass is 415 g/mol. The van der Waals surface area contributed by atoms with Gasteiger partial charge in [-0.2, -0.15) is 0 Å². The van der Waals surface area contributed by atoms with Crippen molar-refractivity contribution >= 4 is 21.6 Å². The lowest BCUT2D eigenvalue weighted by molar-refractivity contribution is 0.506. The van der Waals surface area contributed by atoms with Crippen molar-refractivity contribution in [2.45, 2.75) is 43.0 Å². The maximum atomic E-state index is 12.7. The third-order valence-electron chi connectivity index (χ3n) is 5.21. The lowest BCUT2D eigenvalue weighted by atomic mass is 9.85. The average Bonchev–Trinajstić information content (AvgIpc) is 3.20. The molecule has 0 saturated heterocycles. The van der Waals surface area contributed by atoms with E-state index in [0.717, 1.165) is 31.5 Å². The molecule has 5 nitrogen and oxygen atoms in total. The molecule has 1 atom stereocenters. The minimum absolute atomic E-state index is 0.103. The van der Waals surface area contributed by atoms with E-state index in [1.54, 1.807) is 18.3 Å². The molecule has 4 rings (SSSR count). The molecule has 2 N–H and O–H groups in total. The Labute approximate surface area is 170 Å². The first kappa shape index (κ1) is 19.2. The summed E-state index contributed by atoms with van der Waals surface area (Å²) < 4.78 is 28.2. The number of benzene rings is 2. The molecule has 1 aliphatic carbocycles. The van der Waals surface area contributed by atoms with Gasteiger partial charge in [-0.05, 0) is 66.6 Å². The van der Waals surface area contributed by atoms with E-state index >= 15 is 0 Å². The maximum Gasteiger partial charge on any atom is 0.240 e. The highest BCUT2D eigenvalue weighted by molar-refractivity contribution is 7.89. The highest BCUT2D eigenvalue weighted by atomic mass is 35.5. The molecule has 0 amide bonds.